The Kier molecular flexibility index (Phi) is 8.83. The second-order valence-corrected chi connectivity index (χ2v) is 12.7. The van der Waals surface area contributed by atoms with Crippen molar-refractivity contribution in [1.29, 1.82) is 0 Å². The zero-order valence-corrected chi connectivity index (χ0v) is 27.3. The summed E-state index contributed by atoms with van der Waals surface area (Å²) in [6, 6.07) is 3.74. The molecule has 0 aliphatic carbocycles. The van der Waals surface area contributed by atoms with Crippen molar-refractivity contribution in [2.24, 2.45) is 0 Å². The quantitative estimate of drug-likeness (QED) is 0.282. The molecule has 0 atom stereocenters. The van der Waals surface area contributed by atoms with Crippen LogP contribution in [0.15, 0.2) is 41.2 Å². The number of nitrogens with one attached hydrogen (secondary N) is 1. The molecule has 0 radical (unpaired) electrons. The normalized spacial score (nSPS) is 17.4. The monoisotopic (exact) mass is 734 g/mol. The van der Waals surface area contributed by atoms with Crippen LogP contribution >= 0.6 is 11.6 Å². The summed E-state index contributed by atoms with van der Waals surface area (Å²) in [5.41, 5.74) is -2.09. The molecule has 18 heteroatoms. The van der Waals surface area contributed by atoms with Gasteiger partial charge in [-0.2, -0.15) is 22.7 Å². The molecule has 0 unspecified atom stereocenters. The predicted molar refractivity (Wildman–Crippen MR) is 170 cm³/mol. The smallest absolute Gasteiger partial charge is 0.416 e. The maximum absolute atomic E-state index is 14.3. The Hall–Kier alpha value is -4.87. The van der Waals surface area contributed by atoms with Gasteiger partial charge in [-0.1, -0.05) is 17.7 Å². The lowest BCUT2D eigenvalue weighted by Crippen LogP contribution is -2.52. The summed E-state index contributed by atoms with van der Waals surface area (Å²) in [6.45, 7) is 0.362. The fraction of sp³-hybridized carbons (Fsp3) is 0.364. The van der Waals surface area contributed by atoms with Crippen LogP contribution in [-0.4, -0.2) is 73.9 Å². The van der Waals surface area contributed by atoms with E-state index in [2.05, 4.69) is 15.4 Å². The van der Waals surface area contributed by atoms with E-state index in [1.54, 1.807) is 6.08 Å². The van der Waals surface area contributed by atoms with Crippen LogP contribution in [0.3, 0.4) is 0 Å². The van der Waals surface area contributed by atoms with Crippen molar-refractivity contribution >= 4 is 40.5 Å². The number of alkyl halides is 3. The summed E-state index contributed by atoms with van der Waals surface area (Å²) in [5.74, 6) is -4.50. The van der Waals surface area contributed by atoms with Crippen LogP contribution in [0.4, 0.5) is 27.6 Å². The van der Waals surface area contributed by atoms with Gasteiger partial charge in [0.15, 0.2) is 17.4 Å². The number of ether oxygens (including phenoxy) is 2. The highest BCUT2D eigenvalue weighted by molar-refractivity contribution is 6.33. The Morgan fingerprint density at radius 2 is 1.84 bits per heavy atom. The van der Waals surface area contributed by atoms with Crippen molar-refractivity contribution in [3.63, 3.8) is 0 Å². The number of nitrogens with zero attached hydrogens (tertiary/aromatic N) is 5. The zero-order chi connectivity index (χ0) is 36.2. The molecule has 12 nitrogen and oxygen atoms in total. The molecule has 2 N–H and O–H groups in total. The Bertz CT molecular complexity index is 2180. The molecule has 7 rings (SSSR count). The average molecular weight is 735 g/mol. The number of carbonyl (C=O) groups excluding carboxylic acids is 2. The molecule has 1 spiro atoms. The summed E-state index contributed by atoms with van der Waals surface area (Å²) in [6.07, 6.45) is -2.07. The van der Waals surface area contributed by atoms with E-state index in [-0.39, 0.29) is 66.8 Å². The minimum atomic E-state index is -4.64. The van der Waals surface area contributed by atoms with E-state index >= 15 is 0 Å². The van der Waals surface area contributed by atoms with Gasteiger partial charge in [0.1, 0.15) is 18.0 Å². The van der Waals surface area contributed by atoms with Gasteiger partial charge in [-0.05, 0) is 49.1 Å². The van der Waals surface area contributed by atoms with Gasteiger partial charge < -0.3 is 29.4 Å². The third kappa shape index (κ3) is 6.33. The number of anilines is 1. The molecular formula is C33H28ClF5N6O6. The fourth-order valence-electron chi connectivity index (χ4n) is 6.76. The van der Waals surface area contributed by atoms with Gasteiger partial charge in [0.05, 0.1) is 47.2 Å². The molecular weight excluding hydrogens is 707 g/mol. The van der Waals surface area contributed by atoms with Crippen molar-refractivity contribution in [3.05, 3.63) is 91.6 Å². The third-order valence-corrected chi connectivity index (χ3v) is 9.58. The number of aromatic nitrogens is 4. The number of phenolic OH excluding ortho intramolecular Hbond substituents is 1. The minimum Gasteiger partial charge on any atom is -0.504 e. The second-order valence-electron chi connectivity index (χ2n) is 12.3. The summed E-state index contributed by atoms with van der Waals surface area (Å²) >= 11 is 6.10. The molecule has 2 amide bonds. The number of phenols is 1. The van der Waals surface area contributed by atoms with Gasteiger partial charge >= 0.3 is 6.18 Å². The number of carbonyl (C=O) groups is 2. The molecule has 3 aliphatic heterocycles. The van der Waals surface area contributed by atoms with Crippen LogP contribution in [0, 0.1) is 11.6 Å². The molecule has 1 fully saturated rings. The number of aromatic hydroxyl groups is 1. The van der Waals surface area contributed by atoms with Gasteiger partial charge in [-0.3, -0.25) is 14.4 Å². The summed E-state index contributed by atoms with van der Waals surface area (Å²) in [7, 11) is 0. The van der Waals surface area contributed by atoms with Crippen LogP contribution < -0.4 is 10.9 Å². The number of fused-ring (bicyclic) bond motifs is 3. The van der Waals surface area contributed by atoms with Gasteiger partial charge in [0.25, 0.3) is 11.5 Å². The average Bonchev–Trinajstić information content (AvgIpc) is 3.55. The fourth-order valence-corrected chi connectivity index (χ4v) is 6.98. The molecule has 4 aromatic rings. The number of amides is 2. The van der Waals surface area contributed by atoms with Crippen molar-refractivity contribution in [1.82, 2.24) is 24.1 Å². The first-order valence-corrected chi connectivity index (χ1v) is 16.2. The molecule has 0 bridgehead atoms. The number of rotatable bonds is 5. The van der Waals surface area contributed by atoms with E-state index in [0.717, 1.165) is 28.3 Å². The molecule has 3 aliphatic rings. The van der Waals surface area contributed by atoms with Crippen molar-refractivity contribution in [3.8, 4) is 5.75 Å². The van der Waals surface area contributed by atoms with E-state index in [1.807, 2.05) is 0 Å². The summed E-state index contributed by atoms with van der Waals surface area (Å²) in [4.78, 5) is 47.0. The summed E-state index contributed by atoms with van der Waals surface area (Å²) < 4.78 is 81.8. The lowest BCUT2D eigenvalue weighted by molar-refractivity contribution is -0.137. The predicted octanol–water partition coefficient (Wildman–Crippen LogP) is 4.69. The summed E-state index contributed by atoms with van der Waals surface area (Å²) in [5, 5.41) is 16.8. The van der Waals surface area contributed by atoms with Crippen LogP contribution in [0.2, 0.25) is 5.02 Å². The maximum atomic E-state index is 14.3. The number of hydrogen-bond donors (Lipinski definition) is 2. The minimum absolute atomic E-state index is 0.0181. The lowest BCUT2D eigenvalue weighted by Gasteiger charge is -2.44. The Morgan fingerprint density at radius 1 is 1.08 bits per heavy atom. The molecule has 0 saturated carbocycles. The van der Waals surface area contributed by atoms with Crippen molar-refractivity contribution in [2.45, 2.75) is 44.0 Å². The topological polar surface area (TPSA) is 140 Å². The molecule has 1 saturated heterocycles. The largest absolute Gasteiger partial charge is 0.504 e. The third-order valence-electron chi connectivity index (χ3n) is 9.26. The van der Waals surface area contributed by atoms with Gasteiger partial charge in [-0.25, -0.2) is 8.78 Å². The number of halogens is 6. The van der Waals surface area contributed by atoms with Gasteiger partial charge in [-0.15, -0.1) is 5.10 Å². The molecule has 5 heterocycles. The van der Waals surface area contributed by atoms with Gasteiger partial charge in [0.2, 0.25) is 11.7 Å². The Morgan fingerprint density at radius 3 is 2.53 bits per heavy atom. The van der Waals surface area contributed by atoms with E-state index in [0.29, 0.717) is 37.5 Å². The molecule has 2 aromatic heterocycles. The number of benzene rings is 2. The van der Waals surface area contributed by atoms with Crippen LogP contribution in [-0.2, 0) is 39.0 Å². The highest BCUT2D eigenvalue weighted by Gasteiger charge is 2.46. The lowest BCUT2D eigenvalue weighted by atomic mass is 9.81. The standard InChI is InChI=1S/C33H28ClF5N6O6/c34-21-13-18(33(37,38)39)1-2-23(21)40-25(46)16-44-24-5-12-51-32(6-8-43(9-7-32)29(48)20-14-19(35)15-22(36)27(20)47)26(24)30(49)45-31(44)41-28(42-45)17-3-10-50-11-4-17/h1-3,13-15,47H,4-12,16H2,(H,40,46). The Balaban J connectivity index is 1.25. The highest BCUT2D eigenvalue weighted by atomic mass is 35.5. The zero-order valence-electron chi connectivity index (χ0n) is 26.5. The SMILES string of the molecule is O=C(Cn1c2c(c(=O)n3nc(C4=CCOCC4)nc13)C1(CCN(C(=O)c3cc(F)cc(F)c3O)CC1)OCC2)Nc1ccc(C(F)(F)F)cc1Cl. The van der Waals surface area contributed by atoms with Crippen LogP contribution in [0.25, 0.3) is 11.4 Å². The first-order chi connectivity index (χ1) is 24.3. The number of likely N-dealkylation sites (tertiary alicyclic amines) is 1. The maximum Gasteiger partial charge on any atom is 0.416 e. The first-order valence-electron chi connectivity index (χ1n) is 15.8. The first kappa shape index (κ1) is 34.6. The molecule has 268 valence electrons. The van der Waals surface area contributed by atoms with Crippen molar-refractivity contribution < 1.29 is 46.1 Å². The highest BCUT2D eigenvalue weighted by Crippen LogP contribution is 2.41. The van der Waals surface area contributed by atoms with E-state index < -0.39 is 64.2 Å². The van der Waals surface area contributed by atoms with E-state index in [9.17, 15) is 41.4 Å². The van der Waals surface area contributed by atoms with Crippen molar-refractivity contribution in [2.75, 3.05) is 38.2 Å². The number of piperidine rings is 1. The Labute approximate surface area is 290 Å². The molecule has 2 aromatic carbocycles. The van der Waals surface area contributed by atoms with Crippen LogP contribution in [0.1, 0.15) is 52.3 Å². The van der Waals surface area contributed by atoms with E-state index in [4.69, 9.17) is 21.1 Å². The molecule has 51 heavy (non-hydrogen) atoms. The van der Waals surface area contributed by atoms with E-state index in [1.165, 1.54) is 9.47 Å². The van der Waals surface area contributed by atoms with Gasteiger partial charge in [0, 0.05) is 31.3 Å². The second kappa shape index (κ2) is 13.0. The van der Waals surface area contributed by atoms with Crippen LogP contribution in [0.5, 0.6) is 5.75 Å². The number of hydrogen-bond acceptors (Lipinski definition) is 8.